The highest BCUT2D eigenvalue weighted by atomic mass is 16.5. The number of hydrogen-bond donors (Lipinski definition) is 0. The Bertz CT molecular complexity index is 497. The number of esters is 2. The van der Waals surface area contributed by atoms with Crippen molar-refractivity contribution < 1.29 is 19.1 Å². The van der Waals surface area contributed by atoms with E-state index in [4.69, 9.17) is 9.47 Å². The summed E-state index contributed by atoms with van der Waals surface area (Å²) in [6.45, 7) is 6.20. The van der Waals surface area contributed by atoms with Crippen LogP contribution in [0.4, 0.5) is 0 Å². The van der Waals surface area contributed by atoms with E-state index in [-0.39, 0.29) is 23.3 Å². The van der Waals surface area contributed by atoms with E-state index in [0.29, 0.717) is 25.9 Å². The number of benzene rings is 1. The number of ether oxygens (including phenoxy) is 2. The van der Waals surface area contributed by atoms with Crippen molar-refractivity contribution in [1.29, 1.82) is 0 Å². The fourth-order valence-corrected chi connectivity index (χ4v) is 3.01. The average Bonchev–Trinajstić information content (AvgIpc) is 2.53. The zero-order valence-electron chi connectivity index (χ0n) is 14.6. The molecule has 0 aliphatic carbocycles. The first-order valence-corrected chi connectivity index (χ1v) is 8.17. The largest absolute Gasteiger partial charge is 0.469 e. The third-order valence-electron chi connectivity index (χ3n) is 4.11. The molecule has 2 unspecified atom stereocenters. The highest BCUT2D eigenvalue weighted by Crippen LogP contribution is 2.35. The Balaban J connectivity index is 2.81. The molecule has 0 saturated carbocycles. The van der Waals surface area contributed by atoms with E-state index in [1.54, 1.807) is 6.92 Å². The Morgan fingerprint density at radius 2 is 1.87 bits per heavy atom. The lowest BCUT2D eigenvalue weighted by Crippen LogP contribution is -2.27. The van der Waals surface area contributed by atoms with Crippen molar-refractivity contribution in [3.63, 3.8) is 0 Å². The number of carbonyl (C=O) groups excluding carboxylic acids is 2. The van der Waals surface area contributed by atoms with Crippen LogP contribution in [0.25, 0.3) is 0 Å². The quantitative estimate of drug-likeness (QED) is 0.650. The van der Waals surface area contributed by atoms with Crippen LogP contribution in [-0.4, -0.2) is 25.7 Å². The molecule has 0 heterocycles. The van der Waals surface area contributed by atoms with E-state index < -0.39 is 0 Å². The van der Waals surface area contributed by atoms with E-state index in [1.807, 2.05) is 25.1 Å². The highest BCUT2D eigenvalue weighted by Gasteiger charge is 2.30. The lowest BCUT2D eigenvalue weighted by Gasteiger charge is -2.31. The molecule has 128 valence electrons. The minimum absolute atomic E-state index is 0.165. The van der Waals surface area contributed by atoms with Gasteiger partial charge < -0.3 is 9.47 Å². The summed E-state index contributed by atoms with van der Waals surface area (Å²) in [6, 6.07) is 10.1. The van der Waals surface area contributed by atoms with Gasteiger partial charge in [-0.1, -0.05) is 44.2 Å². The second kappa shape index (κ2) is 9.33. The minimum Gasteiger partial charge on any atom is -0.469 e. The molecule has 0 aliphatic heterocycles. The topological polar surface area (TPSA) is 52.6 Å². The zero-order valence-corrected chi connectivity index (χ0v) is 14.6. The van der Waals surface area contributed by atoms with Gasteiger partial charge in [0.25, 0.3) is 0 Å². The van der Waals surface area contributed by atoms with Gasteiger partial charge in [0, 0.05) is 6.42 Å². The van der Waals surface area contributed by atoms with Gasteiger partial charge in [-0.3, -0.25) is 9.59 Å². The van der Waals surface area contributed by atoms with E-state index in [1.165, 1.54) is 12.7 Å². The second-order valence-corrected chi connectivity index (χ2v) is 6.41. The van der Waals surface area contributed by atoms with E-state index in [9.17, 15) is 9.59 Å². The molecule has 0 aromatic heterocycles. The van der Waals surface area contributed by atoms with Gasteiger partial charge in [-0.05, 0) is 37.2 Å². The Kier molecular flexibility index (Phi) is 7.79. The van der Waals surface area contributed by atoms with Crippen molar-refractivity contribution in [2.75, 3.05) is 13.7 Å². The molecule has 0 radical (unpaired) electrons. The van der Waals surface area contributed by atoms with Gasteiger partial charge in [0.05, 0.1) is 19.6 Å². The lowest BCUT2D eigenvalue weighted by atomic mass is 9.73. The van der Waals surface area contributed by atoms with Crippen molar-refractivity contribution in [2.24, 2.45) is 11.3 Å². The third-order valence-corrected chi connectivity index (χ3v) is 4.11. The van der Waals surface area contributed by atoms with Crippen molar-refractivity contribution in [3.05, 3.63) is 35.9 Å². The summed E-state index contributed by atoms with van der Waals surface area (Å²) in [5, 5.41) is 0. The predicted octanol–water partition coefficient (Wildman–Crippen LogP) is 3.78. The maximum Gasteiger partial charge on any atom is 0.308 e. The standard InChI is InChI=1S/C19H28O4/c1-5-23-17(20)11-12-19(3,13-15(2)18(21)22-4)14-16-9-7-6-8-10-16/h6-10,15H,5,11-14H2,1-4H3. The van der Waals surface area contributed by atoms with Crippen molar-refractivity contribution in [1.82, 2.24) is 0 Å². The summed E-state index contributed by atoms with van der Waals surface area (Å²) in [5.41, 5.74) is 1.04. The molecule has 1 rings (SSSR count). The molecule has 1 aromatic rings. The molecular weight excluding hydrogens is 292 g/mol. The van der Waals surface area contributed by atoms with Crippen molar-refractivity contribution in [3.8, 4) is 0 Å². The normalized spacial score (nSPS) is 14.6. The highest BCUT2D eigenvalue weighted by molar-refractivity contribution is 5.72. The SMILES string of the molecule is CCOC(=O)CCC(C)(Cc1ccccc1)CC(C)C(=O)OC. The zero-order chi connectivity index (χ0) is 17.3. The smallest absolute Gasteiger partial charge is 0.308 e. The number of methoxy groups -OCH3 is 1. The maximum absolute atomic E-state index is 11.8. The van der Waals surface area contributed by atoms with Crippen LogP contribution in [0.5, 0.6) is 0 Å². The first kappa shape index (κ1) is 19.2. The molecule has 0 bridgehead atoms. The summed E-state index contributed by atoms with van der Waals surface area (Å²) < 4.78 is 9.87. The van der Waals surface area contributed by atoms with Crippen LogP contribution < -0.4 is 0 Å². The van der Waals surface area contributed by atoms with Crippen LogP contribution in [0.2, 0.25) is 0 Å². The van der Waals surface area contributed by atoms with Crippen molar-refractivity contribution in [2.45, 2.75) is 46.5 Å². The Morgan fingerprint density at radius 1 is 1.22 bits per heavy atom. The lowest BCUT2D eigenvalue weighted by molar-refractivity contribution is -0.146. The molecule has 0 fully saturated rings. The third kappa shape index (κ3) is 6.85. The Hall–Kier alpha value is -1.84. The van der Waals surface area contributed by atoms with Gasteiger partial charge in [-0.2, -0.15) is 0 Å². The first-order valence-electron chi connectivity index (χ1n) is 8.17. The van der Waals surface area contributed by atoms with E-state index in [0.717, 1.165) is 6.42 Å². The molecule has 0 aliphatic rings. The van der Waals surface area contributed by atoms with Gasteiger partial charge >= 0.3 is 11.9 Å². The van der Waals surface area contributed by atoms with Crippen LogP contribution in [-0.2, 0) is 25.5 Å². The Morgan fingerprint density at radius 3 is 2.43 bits per heavy atom. The molecule has 23 heavy (non-hydrogen) atoms. The molecule has 0 amide bonds. The van der Waals surface area contributed by atoms with Gasteiger partial charge in [0.2, 0.25) is 0 Å². The number of carbonyl (C=O) groups is 2. The summed E-state index contributed by atoms with van der Waals surface area (Å²) >= 11 is 0. The van der Waals surface area contributed by atoms with Gasteiger partial charge in [-0.15, -0.1) is 0 Å². The first-order chi connectivity index (χ1) is 10.9. The van der Waals surface area contributed by atoms with Crippen LogP contribution in [0.15, 0.2) is 30.3 Å². The fourth-order valence-electron chi connectivity index (χ4n) is 3.01. The maximum atomic E-state index is 11.8. The van der Waals surface area contributed by atoms with Gasteiger partial charge in [0.15, 0.2) is 0 Å². The van der Waals surface area contributed by atoms with Crippen LogP contribution in [0, 0.1) is 11.3 Å². The minimum atomic E-state index is -0.208. The number of rotatable bonds is 9. The van der Waals surface area contributed by atoms with Crippen molar-refractivity contribution >= 4 is 11.9 Å². The monoisotopic (exact) mass is 320 g/mol. The molecule has 2 atom stereocenters. The second-order valence-electron chi connectivity index (χ2n) is 6.41. The Labute approximate surface area is 139 Å². The molecule has 0 saturated heterocycles. The number of hydrogen-bond acceptors (Lipinski definition) is 4. The van der Waals surface area contributed by atoms with E-state index >= 15 is 0 Å². The van der Waals surface area contributed by atoms with Crippen LogP contribution >= 0.6 is 0 Å². The van der Waals surface area contributed by atoms with Crippen LogP contribution in [0.1, 0.15) is 45.6 Å². The molecule has 4 heteroatoms. The molecule has 4 nitrogen and oxygen atoms in total. The molecular formula is C19H28O4. The summed E-state index contributed by atoms with van der Waals surface area (Å²) in [4.78, 5) is 23.5. The van der Waals surface area contributed by atoms with Gasteiger partial charge in [0.1, 0.15) is 0 Å². The predicted molar refractivity (Wildman–Crippen MR) is 89.9 cm³/mol. The summed E-state index contributed by atoms with van der Waals surface area (Å²) in [5.74, 6) is -0.589. The average molecular weight is 320 g/mol. The van der Waals surface area contributed by atoms with Gasteiger partial charge in [-0.25, -0.2) is 0 Å². The van der Waals surface area contributed by atoms with Crippen LogP contribution in [0.3, 0.4) is 0 Å². The molecule has 0 N–H and O–H groups in total. The summed E-state index contributed by atoms with van der Waals surface area (Å²) in [6.07, 6.45) is 2.54. The molecule has 1 aromatic carbocycles. The fraction of sp³-hybridized carbons (Fsp3) is 0.579. The van der Waals surface area contributed by atoms with E-state index in [2.05, 4.69) is 19.1 Å². The summed E-state index contributed by atoms with van der Waals surface area (Å²) in [7, 11) is 1.41. The molecule has 0 spiro atoms.